The van der Waals surface area contributed by atoms with E-state index in [9.17, 15) is 14.3 Å². The van der Waals surface area contributed by atoms with Crippen LogP contribution in [0.4, 0.5) is 0 Å². The van der Waals surface area contributed by atoms with E-state index in [0.29, 0.717) is 0 Å². The fourth-order valence-electron chi connectivity index (χ4n) is 2.27. The molecule has 0 spiro atoms. The number of carbonyl (C=O) groups excluding carboxylic acids is 1. The number of nitrogens with one attached hydrogen (secondary N) is 1. The first kappa shape index (κ1) is 14.8. The molecule has 3 atom stereocenters. The van der Waals surface area contributed by atoms with Crippen molar-refractivity contribution < 1.29 is 14.3 Å². The van der Waals surface area contributed by atoms with Gasteiger partial charge in [-0.1, -0.05) is 31.9 Å². The van der Waals surface area contributed by atoms with Gasteiger partial charge >= 0.3 is 0 Å². The molecule has 5 heteroatoms. The van der Waals surface area contributed by atoms with Crippen molar-refractivity contribution in [3.63, 3.8) is 0 Å². The Bertz CT molecular complexity index is 403. The minimum absolute atomic E-state index is 0.0818. The Labute approximate surface area is 115 Å². The van der Waals surface area contributed by atoms with Gasteiger partial charge in [-0.15, -0.1) is 0 Å². The number of hydrogen-bond acceptors (Lipinski definition) is 2. The molecule has 0 radical (unpaired) electrons. The van der Waals surface area contributed by atoms with Crippen molar-refractivity contribution in [2.24, 2.45) is 11.8 Å². The summed E-state index contributed by atoms with van der Waals surface area (Å²) < 4.78 is 11.8. The van der Waals surface area contributed by atoms with E-state index < -0.39 is 7.52 Å². The van der Waals surface area contributed by atoms with Crippen LogP contribution in [0.2, 0.25) is 0 Å². The van der Waals surface area contributed by atoms with Gasteiger partial charge in [0.25, 0.3) is 7.52 Å². The third-order valence-electron chi connectivity index (χ3n) is 3.85. The molecule has 2 aliphatic carbocycles. The van der Waals surface area contributed by atoms with E-state index in [2.05, 4.69) is 24.2 Å². The van der Waals surface area contributed by atoms with Crippen molar-refractivity contribution in [1.82, 2.24) is 5.09 Å². The Hall–Kier alpha value is -0.600. The Morgan fingerprint density at radius 3 is 2.79 bits per heavy atom. The first-order valence-corrected chi connectivity index (χ1v) is 9.08. The van der Waals surface area contributed by atoms with Gasteiger partial charge in [0.1, 0.15) is 0 Å². The molecule has 4 nitrogen and oxygen atoms in total. The van der Waals surface area contributed by atoms with E-state index in [0.717, 1.165) is 25.7 Å². The van der Waals surface area contributed by atoms with Gasteiger partial charge in [-0.3, -0.25) is 14.4 Å². The Kier molecular flexibility index (Phi) is 4.86. The fourth-order valence-corrected chi connectivity index (χ4v) is 3.78. The summed E-state index contributed by atoms with van der Waals surface area (Å²) in [6, 6.07) is 0. The van der Waals surface area contributed by atoms with Crippen LogP contribution in [0.1, 0.15) is 51.9 Å². The second kappa shape index (κ2) is 6.23. The maximum Gasteiger partial charge on any atom is 0.296 e. The number of carbonyl (C=O) groups is 1. The van der Waals surface area contributed by atoms with Crippen molar-refractivity contribution in [1.29, 1.82) is 0 Å². The van der Waals surface area contributed by atoms with Crippen LogP contribution in [0.15, 0.2) is 12.2 Å². The Morgan fingerprint density at radius 1 is 1.42 bits per heavy atom. The molecule has 2 N–H and O–H groups in total. The highest BCUT2D eigenvalue weighted by atomic mass is 31.2. The molecule has 0 aliphatic heterocycles. The quantitative estimate of drug-likeness (QED) is 0.409. The minimum atomic E-state index is -3.41. The number of rotatable bonds is 8. The second-order valence-corrected chi connectivity index (χ2v) is 7.96. The predicted octanol–water partition coefficient (Wildman–Crippen LogP) is 3.22. The standard InChI is InChI=1S/C14H24NO3P/c1-2-3-4-5-6-7-11-10-13(11)14(16)15-19(17,18)12-8-9-12/h6-7,11-13H,2-5,8-10H2,1H3,(H2,15,16,17,18)/b7-6-. The molecule has 0 saturated heterocycles. The van der Waals surface area contributed by atoms with Crippen LogP contribution in [-0.2, 0) is 9.36 Å². The molecule has 1 amide bonds. The van der Waals surface area contributed by atoms with Gasteiger partial charge in [-0.2, -0.15) is 0 Å². The summed E-state index contributed by atoms with van der Waals surface area (Å²) in [5.74, 6) is -0.0385. The average molecular weight is 285 g/mol. The summed E-state index contributed by atoms with van der Waals surface area (Å²) in [7, 11) is -3.41. The normalized spacial score (nSPS) is 29.2. The smallest absolute Gasteiger partial charge is 0.296 e. The van der Waals surface area contributed by atoms with Crippen molar-refractivity contribution in [3.8, 4) is 0 Å². The molecule has 0 aromatic rings. The topological polar surface area (TPSA) is 66.4 Å². The maximum absolute atomic E-state index is 11.8. The SMILES string of the molecule is CCCCC/C=C\C1CC1C(=O)NP(=O)(O)C1CC1. The van der Waals surface area contributed by atoms with Crippen molar-refractivity contribution in [2.45, 2.75) is 57.5 Å². The van der Waals surface area contributed by atoms with Gasteiger partial charge in [-0.05, 0) is 38.0 Å². The average Bonchev–Trinajstić information content (AvgIpc) is 3.21. The highest BCUT2D eigenvalue weighted by Gasteiger charge is 2.46. The molecule has 0 aromatic heterocycles. The minimum Gasteiger partial charge on any atom is -0.329 e. The number of allylic oxidation sites excluding steroid dienone is 2. The molecule has 2 aliphatic rings. The van der Waals surface area contributed by atoms with Crippen LogP contribution >= 0.6 is 7.52 Å². The largest absolute Gasteiger partial charge is 0.329 e. The highest BCUT2D eigenvalue weighted by molar-refractivity contribution is 7.57. The summed E-state index contributed by atoms with van der Waals surface area (Å²) in [6.07, 6.45) is 11.3. The monoisotopic (exact) mass is 285 g/mol. The first-order valence-electron chi connectivity index (χ1n) is 7.36. The molecule has 2 fully saturated rings. The lowest BCUT2D eigenvalue weighted by molar-refractivity contribution is -0.120. The molecule has 2 saturated carbocycles. The van der Waals surface area contributed by atoms with E-state index in [-0.39, 0.29) is 23.4 Å². The third kappa shape index (κ3) is 4.47. The summed E-state index contributed by atoms with van der Waals surface area (Å²) in [6.45, 7) is 2.18. The lowest BCUT2D eigenvalue weighted by Crippen LogP contribution is -2.24. The van der Waals surface area contributed by atoms with E-state index in [4.69, 9.17) is 0 Å². The number of unbranched alkanes of at least 4 members (excludes halogenated alkanes) is 3. The van der Waals surface area contributed by atoms with Crippen LogP contribution in [0.5, 0.6) is 0 Å². The molecule has 108 valence electrons. The molecule has 0 heterocycles. The van der Waals surface area contributed by atoms with E-state index in [1.54, 1.807) is 0 Å². The van der Waals surface area contributed by atoms with Crippen LogP contribution in [-0.4, -0.2) is 16.5 Å². The molecular weight excluding hydrogens is 261 g/mol. The molecule has 0 bridgehead atoms. The van der Waals surface area contributed by atoms with Crippen molar-refractivity contribution in [3.05, 3.63) is 12.2 Å². The zero-order chi connectivity index (χ0) is 13.9. The van der Waals surface area contributed by atoms with Crippen molar-refractivity contribution in [2.75, 3.05) is 0 Å². The number of amides is 1. The Balaban J connectivity index is 1.67. The van der Waals surface area contributed by atoms with E-state index >= 15 is 0 Å². The van der Waals surface area contributed by atoms with E-state index in [1.165, 1.54) is 19.3 Å². The Morgan fingerprint density at radius 2 is 2.16 bits per heavy atom. The summed E-state index contributed by atoms with van der Waals surface area (Å²) in [5.41, 5.74) is -0.182. The number of hydrogen-bond donors (Lipinski definition) is 2. The molecule has 3 unspecified atom stereocenters. The third-order valence-corrected chi connectivity index (χ3v) is 5.89. The van der Waals surface area contributed by atoms with Gasteiger partial charge in [0.05, 0.1) is 5.66 Å². The van der Waals surface area contributed by atoms with Crippen molar-refractivity contribution >= 4 is 13.4 Å². The molecular formula is C14H24NO3P. The second-order valence-electron chi connectivity index (χ2n) is 5.76. The van der Waals surface area contributed by atoms with Gasteiger partial charge in [0.2, 0.25) is 5.91 Å². The lowest BCUT2D eigenvalue weighted by Gasteiger charge is -2.11. The highest BCUT2D eigenvalue weighted by Crippen LogP contribution is 2.55. The molecule has 19 heavy (non-hydrogen) atoms. The van der Waals surface area contributed by atoms with Gasteiger partial charge in [0.15, 0.2) is 0 Å². The van der Waals surface area contributed by atoms with Gasteiger partial charge < -0.3 is 4.89 Å². The van der Waals surface area contributed by atoms with Crippen LogP contribution in [0, 0.1) is 11.8 Å². The zero-order valence-corrected chi connectivity index (χ0v) is 12.4. The van der Waals surface area contributed by atoms with Crippen LogP contribution < -0.4 is 5.09 Å². The molecule has 0 aromatic carbocycles. The maximum atomic E-state index is 11.8. The van der Waals surface area contributed by atoms with Gasteiger partial charge in [-0.25, -0.2) is 0 Å². The first-order chi connectivity index (χ1) is 9.04. The fraction of sp³-hybridized carbons (Fsp3) is 0.786. The summed E-state index contributed by atoms with van der Waals surface area (Å²) >= 11 is 0. The molecule has 2 rings (SSSR count). The van der Waals surface area contributed by atoms with E-state index in [1.807, 2.05) is 0 Å². The summed E-state index contributed by atoms with van der Waals surface area (Å²) in [5, 5.41) is 2.36. The lowest BCUT2D eigenvalue weighted by atomic mass is 10.2. The van der Waals surface area contributed by atoms with Crippen LogP contribution in [0.3, 0.4) is 0 Å². The van der Waals surface area contributed by atoms with Crippen LogP contribution in [0.25, 0.3) is 0 Å². The summed E-state index contributed by atoms with van der Waals surface area (Å²) in [4.78, 5) is 21.5. The van der Waals surface area contributed by atoms with Gasteiger partial charge in [0, 0.05) is 5.92 Å². The predicted molar refractivity (Wildman–Crippen MR) is 75.9 cm³/mol. The zero-order valence-electron chi connectivity index (χ0n) is 11.5.